The molecular weight excluding hydrogens is 182 g/mol. The minimum atomic E-state index is -0.280. The molecule has 0 aromatic carbocycles. The number of methoxy groups -OCH3 is 1. The van der Waals surface area contributed by atoms with Gasteiger partial charge in [-0.3, -0.25) is 4.79 Å². The first-order chi connectivity index (χ1) is 6.69. The fourth-order valence-corrected chi connectivity index (χ4v) is 2.04. The first-order valence-corrected chi connectivity index (χ1v) is 5.13. The molecule has 0 aromatic heterocycles. The van der Waals surface area contributed by atoms with Crippen LogP contribution in [0.25, 0.3) is 0 Å². The smallest absolute Gasteiger partial charge is 0.322 e. The zero-order chi connectivity index (χ0) is 10.6. The van der Waals surface area contributed by atoms with E-state index >= 15 is 0 Å². The summed E-state index contributed by atoms with van der Waals surface area (Å²) in [6, 6.07) is -0.0220. The molecule has 14 heavy (non-hydrogen) atoms. The predicted octanol–water partition coefficient (Wildman–Crippen LogP) is 0.298. The molecule has 0 aromatic rings. The van der Waals surface area contributed by atoms with Crippen molar-refractivity contribution in [2.75, 3.05) is 13.7 Å². The SMILES string of the molecule is COC(=O)C(C)NC1CCCC1CO. The summed E-state index contributed by atoms with van der Waals surface area (Å²) in [6.07, 6.45) is 3.20. The van der Waals surface area contributed by atoms with Crippen molar-refractivity contribution in [3.8, 4) is 0 Å². The largest absolute Gasteiger partial charge is 0.468 e. The van der Waals surface area contributed by atoms with Crippen LogP contribution in [0.5, 0.6) is 0 Å². The van der Waals surface area contributed by atoms with E-state index in [1.165, 1.54) is 7.11 Å². The molecule has 1 saturated carbocycles. The summed E-state index contributed by atoms with van der Waals surface area (Å²) < 4.78 is 4.63. The maximum absolute atomic E-state index is 11.1. The second-order valence-electron chi connectivity index (χ2n) is 3.89. The van der Waals surface area contributed by atoms with E-state index in [1.807, 2.05) is 0 Å². The maximum atomic E-state index is 11.1. The first kappa shape index (κ1) is 11.5. The lowest BCUT2D eigenvalue weighted by Crippen LogP contribution is -2.44. The second-order valence-corrected chi connectivity index (χ2v) is 3.89. The average molecular weight is 201 g/mol. The van der Waals surface area contributed by atoms with Crippen LogP contribution in [0.1, 0.15) is 26.2 Å². The molecular formula is C10H19NO3. The third-order valence-corrected chi connectivity index (χ3v) is 2.91. The van der Waals surface area contributed by atoms with Crippen molar-refractivity contribution >= 4 is 5.97 Å². The minimum absolute atomic E-state index is 0.200. The van der Waals surface area contributed by atoms with E-state index in [0.717, 1.165) is 19.3 Å². The second kappa shape index (κ2) is 5.32. The normalized spacial score (nSPS) is 28.8. The first-order valence-electron chi connectivity index (χ1n) is 5.13. The van der Waals surface area contributed by atoms with E-state index in [1.54, 1.807) is 6.92 Å². The number of carbonyl (C=O) groups is 1. The van der Waals surface area contributed by atoms with E-state index in [2.05, 4.69) is 10.1 Å². The molecule has 1 rings (SSSR count). The van der Waals surface area contributed by atoms with Gasteiger partial charge in [0.25, 0.3) is 0 Å². The van der Waals surface area contributed by atoms with Crippen molar-refractivity contribution in [2.45, 2.75) is 38.3 Å². The number of hydrogen-bond donors (Lipinski definition) is 2. The lowest BCUT2D eigenvalue weighted by molar-refractivity contribution is -0.142. The lowest BCUT2D eigenvalue weighted by Gasteiger charge is -2.22. The molecule has 0 bridgehead atoms. The molecule has 0 radical (unpaired) electrons. The van der Waals surface area contributed by atoms with Crippen molar-refractivity contribution in [3.63, 3.8) is 0 Å². The number of carbonyl (C=O) groups excluding carboxylic acids is 1. The van der Waals surface area contributed by atoms with Crippen LogP contribution in [0.15, 0.2) is 0 Å². The molecule has 3 atom stereocenters. The number of nitrogens with one attached hydrogen (secondary N) is 1. The zero-order valence-corrected chi connectivity index (χ0v) is 8.82. The highest BCUT2D eigenvalue weighted by atomic mass is 16.5. The molecule has 4 heteroatoms. The molecule has 82 valence electrons. The molecule has 4 nitrogen and oxygen atoms in total. The summed E-state index contributed by atoms with van der Waals surface area (Å²) in [5.74, 6) is 0.0516. The fraction of sp³-hybridized carbons (Fsp3) is 0.900. The summed E-state index contributed by atoms with van der Waals surface area (Å²) in [5.41, 5.74) is 0. The van der Waals surface area contributed by atoms with Crippen LogP contribution in [0.4, 0.5) is 0 Å². The van der Waals surface area contributed by atoms with Gasteiger partial charge in [0.05, 0.1) is 7.11 Å². The quantitative estimate of drug-likeness (QED) is 0.642. The van der Waals surface area contributed by atoms with Gasteiger partial charge < -0.3 is 15.2 Å². The Hall–Kier alpha value is -0.610. The number of aliphatic hydroxyl groups is 1. The Morgan fingerprint density at radius 1 is 1.64 bits per heavy atom. The lowest BCUT2D eigenvalue weighted by atomic mass is 10.0. The number of ether oxygens (including phenoxy) is 1. The number of aliphatic hydroxyl groups excluding tert-OH is 1. The Balaban J connectivity index is 2.39. The van der Waals surface area contributed by atoms with Gasteiger partial charge in [0, 0.05) is 12.6 Å². The van der Waals surface area contributed by atoms with Gasteiger partial charge in [0.2, 0.25) is 0 Å². The fourth-order valence-electron chi connectivity index (χ4n) is 2.04. The zero-order valence-electron chi connectivity index (χ0n) is 8.82. The Labute approximate surface area is 84.6 Å². The van der Waals surface area contributed by atoms with Gasteiger partial charge in [-0.15, -0.1) is 0 Å². The van der Waals surface area contributed by atoms with E-state index in [9.17, 15) is 4.79 Å². The third kappa shape index (κ3) is 2.69. The molecule has 3 unspecified atom stereocenters. The van der Waals surface area contributed by atoms with Gasteiger partial charge in [-0.2, -0.15) is 0 Å². The van der Waals surface area contributed by atoms with Crippen molar-refractivity contribution in [1.82, 2.24) is 5.32 Å². The Morgan fingerprint density at radius 3 is 2.93 bits per heavy atom. The highest BCUT2D eigenvalue weighted by Crippen LogP contribution is 2.25. The minimum Gasteiger partial charge on any atom is -0.468 e. The molecule has 1 fully saturated rings. The highest BCUT2D eigenvalue weighted by molar-refractivity contribution is 5.75. The molecule has 2 N–H and O–H groups in total. The van der Waals surface area contributed by atoms with Gasteiger partial charge in [-0.25, -0.2) is 0 Å². The van der Waals surface area contributed by atoms with E-state index in [-0.39, 0.29) is 24.7 Å². The number of esters is 1. The Bertz CT molecular complexity index is 196. The monoisotopic (exact) mass is 201 g/mol. The van der Waals surface area contributed by atoms with Crippen LogP contribution in [0.2, 0.25) is 0 Å². The van der Waals surface area contributed by atoms with Gasteiger partial charge in [-0.05, 0) is 25.7 Å². The molecule has 0 saturated heterocycles. The molecule has 0 aliphatic heterocycles. The van der Waals surface area contributed by atoms with Gasteiger partial charge >= 0.3 is 5.97 Å². The molecule has 0 heterocycles. The Kier molecular flexibility index (Phi) is 4.35. The van der Waals surface area contributed by atoms with Crippen LogP contribution in [-0.4, -0.2) is 36.9 Å². The summed E-state index contributed by atoms with van der Waals surface area (Å²) >= 11 is 0. The average Bonchev–Trinajstić information content (AvgIpc) is 2.63. The van der Waals surface area contributed by atoms with Crippen molar-refractivity contribution in [1.29, 1.82) is 0 Å². The maximum Gasteiger partial charge on any atom is 0.322 e. The summed E-state index contributed by atoms with van der Waals surface area (Å²) in [4.78, 5) is 11.1. The van der Waals surface area contributed by atoms with E-state index in [0.29, 0.717) is 5.92 Å². The van der Waals surface area contributed by atoms with Crippen LogP contribution < -0.4 is 5.32 Å². The van der Waals surface area contributed by atoms with E-state index < -0.39 is 0 Å². The van der Waals surface area contributed by atoms with Crippen molar-refractivity contribution < 1.29 is 14.6 Å². The van der Waals surface area contributed by atoms with Crippen molar-refractivity contribution in [3.05, 3.63) is 0 Å². The van der Waals surface area contributed by atoms with E-state index in [4.69, 9.17) is 5.11 Å². The molecule has 0 spiro atoms. The van der Waals surface area contributed by atoms with Crippen LogP contribution in [0, 0.1) is 5.92 Å². The Morgan fingerprint density at radius 2 is 2.36 bits per heavy atom. The summed E-state index contributed by atoms with van der Waals surface area (Å²) in [6.45, 7) is 1.99. The highest BCUT2D eigenvalue weighted by Gasteiger charge is 2.29. The van der Waals surface area contributed by atoms with Gasteiger partial charge in [0.15, 0.2) is 0 Å². The predicted molar refractivity (Wildman–Crippen MR) is 52.8 cm³/mol. The standard InChI is InChI=1S/C10H19NO3/c1-7(10(13)14-2)11-9-5-3-4-8(9)6-12/h7-9,11-12H,3-6H2,1-2H3. The number of rotatable bonds is 4. The van der Waals surface area contributed by atoms with Crippen LogP contribution in [-0.2, 0) is 9.53 Å². The molecule has 0 amide bonds. The van der Waals surface area contributed by atoms with Crippen molar-refractivity contribution in [2.24, 2.45) is 5.92 Å². The number of hydrogen-bond acceptors (Lipinski definition) is 4. The van der Waals surface area contributed by atoms with Crippen LogP contribution >= 0.6 is 0 Å². The topological polar surface area (TPSA) is 58.6 Å². The summed E-state index contributed by atoms with van der Waals surface area (Å²) in [7, 11) is 1.39. The molecule has 1 aliphatic carbocycles. The van der Waals surface area contributed by atoms with Gasteiger partial charge in [0.1, 0.15) is 6.04 Å². The third-order valence-electron chi connectivity index (χ3n) is 2.91. The molecule has 1 aliphatic rings. The van der Waals surface area contributed by atoms with Gasteiger partial charge in [-0.1, -0.05) is 6.42 Å². The van der Waals surface area contributed by atoms with Crippen LogP contribution in [0.3, 0.4) is 0 Å². The summed E-state index contributed by atoms with van der Waals surface area (Å²) in [5, 5.41) is 12.3.